The van der Waals surface area contributed by atoms with E-state index in [1.165, 1.54) is 0 Å². The molecule has 0 unspecified atom stereocenters. The lowest BCUT2D eigenvalue weighted by Gasteiger charge is -2.26. The molecule has 0 spiro atoms. The number of hydrogen-bond donors (Lipinski definition) is 0. The lowest BCUT2D eigenvalue weighted by Crippen LogP contribution is -2.44. The molecule has 2 aromatic carbocycles. The number of nitrogens with zero attached hydrogens (tertiary/aromatic N) is 1. The maximum Gasteiger partial charge on any atom is 0.249 e. The van der Waals surface area contributed by atoms with Crippen LogP contribution in [0.1, 0.15) is 25.0 Å². The zero-order chi connectivity index (χ0) is 13.3. The minimum atomic E-state index is -0.350. The summed E-state index contributed by atoms with van der Waals surface area (Å²) in [4.78, 5) is 25.2. The SMILES string of the molecule is CC(C)N(C)c1c(Cc2ccccc2)c(=O)c1=O. The molecule has 3 nitrogen and oxygen atoms in total. The third-order valence-corrected chi connectivity index (χ3v) is 3.33. The summed E-state index contributed by atoms with van der Waals surface area (Å²) < 4.78 is 0. The van der Waals surface area contributed by atoms with Gasteiger partial charge in [-0.05, 0) is 19.4 Å². The van der Waals surface area contributed by atoms with E-state index in [1.54, 1.807) is 0 Å². The fourth-order valence-electron chi connectivity index (χ4n) is 2.02. The van der Waals surface area contributed by atoms with Crippen molar-refractivity contribution < 1.29 is 0 Å². The summed E-state index contributed by atoms with van der Waals surface area (Å²) in [6.07, 6.45) is 0.539. The number of hydrogen-bond acceptors (Lipinski definition) is 3. The molecule has 2 aromatic rings. The highest BCUT2D eigenvalue weighted by Gasteiger charge is 2.24. The normalized spacial score (nSPS) is 11.1. The molecule has 0 amide bonds. The van der Waals surface area contributed by atoms with E-state index in [1.807, 2.05) is 56.1 Å². The zero-order valence-electron chi connectivity index (χ0n) is 10.9. The Kier molecular flexibility index (Phi) is 3.32. The summed E-state index contributed by atoms with van der Waals surface area (Å²) in [5.74, 6) is 0. The molecule has 94 valence electrons. The summed E-state index contributed by atoms with van der Waals surface area (Å²) in [5.41, 5.74) is 1.60. The second-order valence-electron chi connectivity index (χ2n) is 4.85. The number of benzene rings is 1. The van der Waals surface area contributed by atoms with Gasteiger partial charge in [-0.1, -0.05) is 30.3 Å². The van der Waals surface area contributed by atoms with E-state index in [4.69, 9.17) is 0 Å². The first-order valence-corrected chi connectivity index (χ1v) is 6.11. The Hall–Kier alpha value is -1.90. The molecule has 0 heterocycles. The first-order valence-electron chi connectivity index (χ1n) is 6.11. The number of rotatable bonds is 4. The molecule has 18 heavy (non-hydrogen) atoms. The fourth-order valence-corrected chi connectivity index (χ4v) is 2.02. The Morgan fingerprint density at radius 2 is 1.67 bits per heavy atom. The smallest absolute Gasteiger partial charge is 0.249 e. The molecule has 0 bridgehead atoms. The summed E-state index contributed by atoms with van der Waals surface area (Å²) in [5, 5.41) is 0. The van der Waals surface area contributed by atoms with Crippen LogP contribution in [0.25, 0.3) is 0 Å². The lowest BCUT2D eigenvalue weighted by molar-refractivity contribution is 0.742. The van der Waals surface area contributed by atoms with E-state index in [9.17, 15) is 9.59 Å². The molecule has 0 aliphatic heterocycles. The van der Waals surface area contributed by atoms with Gasteiger partial charge in [-0.3, -0.25) is 9.59 Å². The Morgan fingerprint density at radius 1 is 1.06 bits per heavy atom. The van der Waals surface area contributed by atoms with Gasteiger partial charge in [0.25, 0.3) is 0 Å². The van der Waals surface area contributed by atoms with Crippen LogP contribution >= 0.6 is 0 Å². The predicted octanol–water partition coefficient (Wildman–Crippen LogP) is 1.72. The molecule has 0 radical (unpaired) electrons. The van der Waals surface area contributed by atoms with Gasteiger partial charge in [-0.2, -0.15) is 0 Å². The molecule has 0 saturated carbocycles. The van der Waals surface area contributed by atoms with Gasteiger partial charge in [0.05, 0.1) is 5.69 Å². The highest BCUT2D eigenvalue weighted by atomic mass is 16.2. The molecule has 0 aliphatic carbocycles. The first-order chi connectivity index (χ1) is 8.52. The van der Waals surface area contributed by atoms with Crippen molar-refractivity contribution in [3.63, 3.8) is 0 Å². The summed E-state index contributed by atoms with van der Waals surface area (Å²) in [6.45, 7) is 4.01. The van der Waals surface area contributed by atoms with E-state index < -0.39 is 0 Å². The monoisotopic (exact) mass is 243 g/mol. The van der Waals surface area contributed by atoms with Crippen LogP contribution in [0, 0.1) is 0 Å². The molecule has 0 aromatic heterocycles. The fraction of sp³-hybridized carbons (Fsp3) is 0.333. The largest absolute Gasteiger partial charge is 0.369 e. The van der Waals surface area contributed by atoms with E-state index in [-0.39, 0.29) is 16.9 Å². The molecule has 0 saturated heterocycles. The van der Waals surface area contributed by atoms with Gasteiger partial charge in [0.2, 0.25) is 10.9 Å². The van der Waals surface area contributed by atoms with Crippen molar-refractivity contribution in [2.24, 2.45) is 0 Å². The van der Waals surface area contributed by atoms with Crippen molar-refractivity contribution >= 4 is 5.69 Å². The quantitative estimate of drug-likeness (QED) is 0.767. The van der Waals surface area contributed by atoms with Gasteiger partial charge < -0.3 is 4.90 Å². The molecular formula is C15H17NO2. The molecule has 0 N–H and O–H groups in total. The van der Waals surface area contributed by atoms with Crippen molar-refractivity contribution in [3.8, 4) is 0 Å². The Morgan fingerprint density at radius 3 is 2.22 bits per heavy atom. The van der Waals surface area contributed by atoms with Gasteiger partial charge in [0.15, 0.2) is 0 Å². The highest BCUT2D eigenvalue weighted by molar-refractivity contribution is 5.60. The van der Waals surface area contributed by atoms with Crippen LogP contribution in [0.3, 0.4) is 0 Å². The second kappa shape index (κ2) is 4.77. The summed E-state index contributed by atoms with van der Waals surface area (Å²) in [6, 6.07) is 9.96. The van der Waals surface area contributed by atoms with E-state index in [0.29, 0.717) is 17.7 Å². The van der Waals surface area contributed by atoms with Gasteiger partial charge in [0.1, 0.15) is 0 Å². The van der Waals surface area contributed by atoms with Crippen LogP contribution in [0.4, 0.5) is 5.69 Å². The zero-order valence-corrected chi connectivity index (χ0v) is 10.9. The minimum absolute atomic E-state index is 0.211. The maximum atomic E-state index is 11.7. The van der Waals surface area contributed by atoms with Crippen LogP contribution in [-0.2, 0) is 6.42 Å². The Labute approximate surface area is 106 Å². The van der Waals surface area contributed by atoms with Gasteiger partial charge in [0, 0.05) is 25.1 Å². The summed E-state index contributed by atoms with van der Waals surface area (Å²) in [7, 11) is 1.86. The van der Waals surface area contributed by atoms with Crippen molar-refractivity contribution in [2.45, 2.75) is 26.3 Å². The van der Waals surface area contributed by atoms with Crippen LogP contribution in [-0.4, -0.2) is 13.1 Å². The predicted molar refractivity (Wildman–Crippen MR) is 74.1 cm³/mol. The lowest BCUT2D eigenvalue weighted by atomic mass is 9.97. The van der Waals surface area contributed by atoms with Crippen LogP contribution in [0.15, 0.2) is 39.9 Å². The molecule has 2 rings (SSSR count). The third kappa shape index (κ3) is 2.08. The van der Waals surface area contributed by atoms with E-state index >= 15 is 0 Å². The molecule has 0 fully saturated rings. The average molecular weight is 243 g/mol. The maximum absolute atomic E-state index is 11.7. The van der Waals surface area contributed by atoms with E-state index in [0.717, 1.165) is 5.56 Å². The van der Waals surface area contributed by atoms with Gasteiger partial charge in [-0.15, -0.1) is 0 Å². The molecule has 3 heteroatoms. The third-order valence-electron chi connectivity index (χ3n) is 3.33. The number of anilines is 1. The van der Waals surface area contributed by atoms with E-state index in [2.05, 4.69) is 0 Å². The van der Waals surface area contributed by atoms with Crippen molar-refractivity contribution in [2.75, 3.05) is 11.9 Å². The average Bonchev–Trinajstić information content (AvgIpc) is 2.38. The van der Waals surface area contributed by atoms with Gasteiger partial charge in [-0.25, -0.2) is 0 Å². The minimum Gasteiger partial charge on any atom is -0.369 e. The summed E-state index contributed by atoms with van der Waals surface area (Å²) >= 11 is 0. The van der Waals surface area contributed by atoms with Gasteiger partial charge >= 0.3 is 0 Å². The molecule has 0 aliphatic rings. The van der Waals surface area contributed by atoms with Crippen LogP contribution in [0.5, 0.6) is 0 Å². The first kappa shape index (κ1) is 12.6. The Bertz CT molecular complexity index is 607. The van der Waals surface area contributed by atoms with Crippen molar-refractivity contribution in [1.29, 1.82) is 0 Å². The second-order valence-corrected chi connectivity index (χ2v) is 4.85. The topological polar surface area (TPSA) is 37.4 Å². The highest BCUT2D eigenvalue weighted by Crippen LogP contribution is 2.18. The van der Waals surface area contributed by atoms with Crippen molar-refractivity contribution in [3.05, 3.63) is 61.9 Å². The molecular weight excluding hydrogens is 226 g/mol. The Balaban J connectivity index is 2.33. The van der Waals surface area contributed by atoms with Crippen LogP contribution < -0.4 is 15.8 Å². The van der Waals surface area contributed by atoms with Crippen molar-refractivity contribution in [1.82, 2.24) is 0 Å². The van der Waals surface area contributed by atoms with Crippen LogP contribution in [0.2, 0.25) is 0 Å². The standard InChI is InChI=1S/C15H17NO2/c1-10(2)16(3)13-12(14(17)15(13)18)9-11-7-5-4-6-8-11/h4-8,10H,9H2,1-3H3. The molecule has 0 atom stereocenters.